The van der Waals surface area contributed by atoms with Crippen molar-refractivity contribution in [1.82, 2.24) is 9.97 Å². The van der Waals surface area contributed by atoms with Crippen molar-refractivity contribution in [1.29, 1.82) is 0 Å². The van der Waals surface area contributed by atoms with Crippen LogP contribution in [0.5, 0.6) is 0 Å². The van der Waals surface area contributed by atoms with Gasteiger partial charge in [-0.3, -0.25) is 10.2 Å². The van der Waals surface area contributed by atoms with Crippen LogP contribution in [0.25, 0.3) is 11.0 Å². The first-order chi connectivity index (χ1) is 10.7. The van der Waals surface area contributed by atoms with Gasteiger partial charge in [0, 0.05) is 11.3 Å². The zero-order valence-electron chi connectivity index (χ0n) is 11.5. The number of aromatic nitrogens is 2. The summed E-state index contributed by atoms with van der Waals surface area (Å²) in [5, 5.41) is 6.16. The van der Waals surface area contributed by atoms with E-state index in [-0.39, 0.29) is 5.84 Å². The number of carbonyl (C=O) groups is 1. The molecule has 0 aliphatic heterocycles. The molecule has 0 atom stereocenters. The summed E-state index contributed by atoms with van der Waals surface area (Å²) < 4.78 is 0. The summed E-state index contributed by atoms with van der Waals surface area (Å²) in [4.78, 5) is 23.4. The maximum atomic E-state index is 11.6. The number of para-hydroxylation sites is 1. The molecule has 1 heterocycles. The number of carbonyl (C=O) groups excluding carboxylic acids is 1. The van der Waals surface area contributed by atoms with E-state index in [0.717, 1.165) is 11.0 Å². The Balaban J connectivity index is 1.67. The second kappa shape index (κ2) is 5.96. The number of rotatable bonds is 3. The maximum Gasteiger partial charge on any atom is 0.437 e. The first-order valence-corrected chi connectivity index (χ1v) is 6.52. The molecule has 0 spiro atoms. The van der Waals surface area contributed by atoms with Crippen molar-refractivity contribution in [2.24, 2.45) is 10.9 Å². The first kappa shape index (κ1) is 13.6. The van der Waals surface area contributed by atoms with Gasteiger partial charge in [0.1, 0.15) is 0 Å². The largest absolute Gasteiger partial charge is 0.437 e. The lowest BCUT2D eigenvalue weighted by Gasteiger charge is -2.03. The van der Waals surface area contributed by atoms with E-state index in [2.05, 4.69) is 20.4 Å². The number of hydrogen-bond donors (Lipinski definition) is 3. The Morgan fingerprint density at radius 3 is 2.86 bits per heavy atom. The molecule has 0 aliphatic rings. The van der Waals surface area contributed by atoms with Crippen molar-refractivity contribution in [3.05, 3.63) is 60.4 Å². The van der Waals surface area contributed by atoms with Gasteiger partial charge in [0.15, 0.2) is 5.84 Å². The van der Waals surface area contributed by atoms with Crippen molar-refractivity contribution < 1.29 is 9.63 Å². The van der Waals surface area contributed by atoms with Gasteiger partial charge in [0.25, 0.3) is 0 Å². The molecule has 0 fully saturated rings. The molecule has 22 heavy (non-hydrogen) atoms. The monoisotopic (exact) mass is 295 g/mol. The van der Waals surface area contributed by atoms with Crippen molar-refractivity contribution in [2.45, 2.75) is 0 Å². The molecular weight excluding hydrogens is 282 g/mol. The Morgan fingerprint density at radius 1 is 1.23 bits per heavy atom. The van der Waals surface area contributed by atoms with Crippen LogP contribution >= 0.6 is 0 Å². The Morgan fingerprint density at radius 2 is 2.05 bits per heavy atom. The Bertz CT molecular complexity index is 826. The van der Waals surface area contributed by atoms with Crippen LogP contribution in [0.3, 0.4) is 0 Å². The Labute approximate surface area is 125 Å². The number of aromatic amines is 1. The molecule has 1 amide bonds. The van der Waals surface area contributed by atoms with Gasteiger partial charge < -0.3 is 10.7 Å². The van der Waals surface area contributed by atoms with Crippen molar-refractivity contribution in [2.75, 3.05) is 5.32 Å². The fourth-order valence-corrected chi connectivity index (χ4v) is 1.90. The minimum atomic E-state index is -0.711. The van der Waals surface area contributed by atoms with E-state index in [1.165, 1.54) is 0 Å². The molecule has 4 N–H and O–H groups in total. The van der Waals surface area contributed by atoms with Gasteiger partial charge in [-0.2, -0.15) is 0 Å². The first-order valence-electron chi connectivity index (χ1n) is 6.52. The minimum absolute atomic E-state index is 0.0970. The maximum absolute atomic E-state index is 11.6. The van der Waals surface area contributed by atoms with Crippen LogP contribution in [-0.2, 0) is 4.84 Å². The van der Waals surface area contributed by atoms with Gasteiger partial charge >= 0.3 is 6.09 Å². The lowest BCUT2D eigenvalue weighted by molar-refractivity contribution is 0.166. The summed E-state index contributed by atoms with van der Waals surface area (Å²) in [7, 11) is 0. The molecule has 0 aliphatic carbocycles. The molecule has 0 unspecified atom stereocenters. The number of amides is 1. The summed E-state index contributed by atoms with van der Waals surface area (Å²) in [6, 6.07) is 14.2. The highest BCUT2D eigenvalue weighted by atomic mass is 16.7. The number of nitrogens with zero attached hydrogens (tertiary/aromatic N) is 2. The van der Waals surface area contributed by atoms with Gasteiger partial charge in [-0.1, -0.05) is 23.4 Å². The smallest absolute Gasteiger partial charge is 0.380 e. The van der Waals surface area contributed by atoms with Crippen LogP contribution < -0.4 is 11.1 Å². The topological polar surface area (TPSA) is 105 Å². The number of hydrogen-bond acceptors (Lipinski definition) is 4. The third-order valence-electron chi connectivity index (χ3n) is 2.96. The van der Waals surface area contributed by atoms with Gasteiger partial charge in [-0.15, -0.1) is 0 Å². The summed E-state index contributed by atoms with van der Waals surface area (Å²) in [6.45, 7) is 0. The highest BCUT2D eigenvalue weighted by molar-refractivity contribution is 6.00. The van der Waals surface area contributed by atoms with Crippen LogP contribution in [0, 0.1) is 0 Å². The van der Waals surface area contributed by atoms with Crippen LogP contribution in [0.15, 0.2) is 60.0 Å². The van der Waals surface area contributed by atoms with E-state index in [1.54, 1.807) is 48.8 Å². The number of anilines is 1. The average Bonchev–Trinajstić information content (AvgIpc) is 3.01. The number of benzene rings is 2. The molecule has 1 aromatic heterocycles. The second-order valence-electron chi connectivity index (χ2n) is 4.48. The normalized spacial score (nSPS) is 11.4. The highest BCUT2D eigenvalue weighted by Crippen LogP contribution is 2.11. The minimum Gasteiger partial charge on any atom is -0.380 e. The summed E-state index contributed by atoms with van der Waals surface area (Å²) >= 11 is 0. The van der Waals surface area contributed by atoms with Gasteiger partial charge in [-0.25, -0.2) is 9.78 Å². The number of fused-ring (bicyclic) bond motifs is 1. The lowest BCUT2D eigenvalue weighted by atomic mass is 10.2. The number of nitrogens with one attached hydrogen (secondary N) is 2. The zero-order chi connectivity index (χ0) is 15.4. The molecule has 3 rings (SSSR count). The van der Waals surface area contributed by atoms with E-state index in [9.17, 15) is 4.79 Å². The molecule has 0 saturated carbocycles. The third-order valence-corrected chi connectivity index (χ3v) is 2.96. The quantitative estimate of drug-likeness (QED) is 0.298. The molecule has 7 nitrogen and oxygen atoms in total. The number of oxime groups is 1. The van der Waals surface area contributed by atoms with Gasteiger partial charge in [-0.05, 0) is 30.3 Å². The average molecular weight is 295 g/mol. The van der Waals surface area contributed by atoms with E-state index >= 15 is 0 Å². The van der Waals surface area contributed by atoms with Crippen LogP contribution in [0.2, 0.25) is 0 Å². The van der Waals surface area contributed by atoms with Crippen molar-refractivity contribution >= 4 is 28.6 Å². The van der Waals surface area contributed by atoms with E-state index in [1.807, 2.05) is 6.07 Å². The molecule has 0 bridgehead atoms. The summed E-state index contributed by atoms with van der Waals surface area (Å²) in [6.07, 6.45) is 0.878. The van der Waals surface area contributed by atoms with E-state index in [4.69, 9.17) is 10.6 Å². The van der Waals surface area contributed by atoms with Crippen LogP contribution in [0.4, 0.5) is 10.5 Å². The second-order valence-corrected chi connectivity index (χ2v) is 4.48. The highest BCUT2D eigenvalue weighted by Gasteiger charge is 2.06. The van der Waals surface area contributed by atoms with E-state index in [0.29, 0.717) is 11.3 Å². The fourth-order valence-electron chi connectivity index (χ4n) is 1.90. The number of H-pyrrole nitrogens is 1. The molecule has 0 saturated heterocycles. The van der Waals surface area contributed by atoms with Crippen LogP contribution in [0.1, 0.15) is 5.56 Å². The Kier molecular flexibility index (Phi) is 3.69. The Hall–Kier alpha value is -3.35. The van der Waals surface area contributed by atoms with Gasteiger partial charge in [0.05, 0.1) is 17.4 Å². The molecular formula is C15H13N5O2. The predicted octanol–water partition coefficient (Wildman–Crippen LogP) is 2.43. The SMILES string of the molecule is N/C(=N\OC(=O)Nc1ccccc1)c1ccc2nc[nH]c2c1. The number of amidine groups is 1. The summed E-state index contributed by atoms with van der Waals surface area (Å²) in [5.74, 6) is 0.0970. The molecule has 110 valence electrons. The molecule has 3 aromatic rings. The van der Waals surface area contributed by atoms with Crippen LogP contribution in [-0.4, -0.2) is 21.9 Å². The standard InChI is InChI=1S/C15H13N5O2/c16-14(10-6-7-12-13(8-10)18-9-17-12)20-22-15(21)19-11-4-2-1-3-5-11/h1-9H,(H2,16,20)(H,17,18)(H,19,21). The summed E-state index contributed by atoms with van der Waals surface area (Å²) in [5.41, 5.74) is 8.69. The van der Waals surface area contributed by atoms with Crippen molar-refractivity contribution in [3.63, 3.8) is 0 Å². The predicted molar refractivity (Wildman–Crippen MR) is 83.4 cm³/mol. The number of nitrogens with two attached hydrogens (primary N) is 1. The molecule has 7 heteroatoms. The third kappa shape index (κ3) is 3.04. The van der Waals surface area contributed by atoms with E-state index < -0.39 is 6.09 Å². The fraction of sp³-hybridized carbons (Fsp3) is 0. The lowest BCUT2D eigenvalue weighted by Crippen LogP contribution is -2.17. The molecule has 0 radical (unpaired) electrons. The zero-order valence-corrected chi connectivity index (χ0v) is 11.5. The molecule has 2 aromatic carbocycles. The van der Waals surface area contributed by atoms with Crippen molar-refractivity contribution in [3.8, 4) is 0 Å². The van der Waals surface area contributed by atoms with Gasteiger partial charge in [0.2, 0.25) is 0 Å². The number of imidazole rings is 1.